The van der Waals surface area contributed by atoms with E-state index in [4.69, 9.17) is 0 Å². The predicted octanol–water partition coefficient (Wildman–Crippen LogP) is 6.77. The normalized spacial score (nSPS) is 15.4. The van der Waals surface area contributed by atoms with Crippen LogP contribution in [0.15, 0.2) is 35.7 Å². The van der Waals surface area contributed by atoms with Gasteiger partial charge in [-0.25, -0.2) is 0 Å². The Hall–Kier alpha value is -2.14. The molecule has 34 heavy (non-hydrogen) atoms. The number of thiophene rings is 1. The second kappa shape index (κ2) is 13.1. The van der Waals surface area contributed by atoms with Crippen molar-refractivity contribution in [1.29, 1.82) is 0 Å². The molecule has 0 saturated carbocycles. The first-order valence-corrected chi connectivity index (χ1v) is 14.0. The van der Waals surface area contributed by atoms with Gasteiger partial charge < -0.3 is 9.80 Å². The van der Waals surface area contributed by atoms with Crippen molar-refractivity contribution in [2.24, 2.45) is 5.92 Å². The van der Waals surface area contributed by atoms with E-state index in [1.165, 1.54) is 40.8 Å². The molecule has 1 aromatic heterocycles. The van der Waals surface area contributed by atoms with Crippen LogP contribution in [-0.2, 0) is 16.0 Å². The Morgan fingerprint density at radius 1 is 1.09 bits per heavy atom. The maximum Gasteiger partial charge on any atom is 0.242 e. The third-order valence-corrected chi connectivity index (χ3v) is 7.92. The number of carbonyl (C=O) groups excluding carboxylic acids is 2. The molecule has 5 heteroatoms. The van der Waals surface area contributed by atoms with Crippen molar-refractivity contribution in [3.63, 3.8) is 0 Å². The lowest BCUT2D eigenvalue weighted by Gasteiger charge is -2.38. The van der Waals surface area contributed by atoms with E-state index in [9.17, 15) is 9.59 Å². The van der Waals surface area contributed by atoms with Crippen LogP contribution in [0.2, 0.25) is 0 Å². The number of hydrogen-bond donors (Lipinski definition) is 0. The summed E-state index contributed by atoms with van der Waals surface area (Å²) in [6.07, 6.45) is 7.97. The number of hydrogen-bond acceptors (Lipinski definition) is 3. The van der Waals surface area contributed by atoms with Crippen molar-refractivity contribution in [2.45, 2.75) is 85.1 Å². The van der Waals surface area contributed by atoms with E-state index in [0.29, 0.717) is 25.4 Å². The average Bonchev–Trinajstić information content (AvgIpc) is 3.30. The number of nitrogens with zero attached hydrogens (tertiary/aromatic N) is 2. The Balaban J connectivity index is 1.76. The number of fused-ring (bicyclic) bond motifs is 1. The Kier molecular flexibility index (Phi) is 10.2. The van der Waals surface area contributed by atoms with Gasteiger partial charge in [0.05, 0.1) is 12.6 Å². The molecule has 186 valence electrons. The van der Waals surface area contributed by atoms with Gasteiger partial charge in [0.15, 0.2) is 0 Å². The molecule has 0 N–H and O–H groups in total. The van der Waals surface area contributed by atoms with Crippen LogP contribution >= 0.6 is 11.3 Å². The van der Waals surface area contributed by atoms with Crippen LogP contribution in [0.4, 0.5) is 0 Å². The zero-order chi connectivity index (χ0) is 24.5. The minimum atomic E-state index is -0.0696. The van der Waals surface area contributed by atoms with Gasteiger partial charge in [0, 0.05) is 24.4 Å². The Bertz CT molecular complexity index is 936. The maximum atomic E-state index is 13.7. The van der Waals surface area contributed by atoms with Gasteiger partial charge in [0.1, 0.15) is 0 Å². The summed E-state index contributed by atoms with van der Waals surface area (Å²) in [5, 5.41) is 2.14. The lowest BCUT2D eigenvalue weighted by molar-refractivity contribution is -0.142. The number of carbonyl (C=O) groups is 2. The van der Waals surface area contributed by atoms with Crippen molar-refractivity contribution < 1.29 is 9.59 Å². The van der Waals surface area contributed by atoms with Crippen molar-refractivity contribution >= 4 is 23.2 Å². The van der Waals surface area contributed by atoms with Crippen LogP contribution in [0.5, 0.6) is 0 Å². The summed E-state index contributed by atoms with van der Waals surface area (Å²) < 4.78 is 0. The molecule has 0 spiro atoms. The summed E-state index contributed by atoms with van der Waals surface area (Å²) in [5.74, 6) is 0.692. The quantitative estimate of drug-likeness (QED) is 0.313. The molecule has 1 unspecified atom stereocenters. The summed E-state index contributed by atoms with van der Waals surface area (Å²) >= 11 is 1.79. The van der Waals surface area contributed by atoms with Crippen LogP contribution in [0.1, 0.15) is 93.3 Å². The highest BCUT2D eigenvalue weighted by Gasteiger charge is 2.34. The zero-order valence-corrected chi connectivity index (χ0v) is 22.3. The van der Waals surface area contributed by atoms with Gasteiger partial charge in [-0.05, 0) is 60.2 Å². The first kappa shape index (κ1) is 26.5. The van der Waals surface area contributed by atoms with Crippen LogP contribution < -0.4 is 0 Å². The van der Waals surface area contributed by atoms with Crippen LogP contribution in [0.3, 0.4) is 0 Å². The number of unbranched alkanes of at least 4 members (excludes halogenated alkanes) is 4. The molecular weight excluding hydrogens is 440 g/mol. The Morgan fingerprint density at radius 2 is 1.85 bits per heavy atom. The highest BCUT2D eigenvalue weighted by Crippen LogP contribution is 2.39. The molecule has 0 saturated heterocycles. The van der Waals surface area contributed by atoms with Crippen LogP contribution in [0.25, 0.3) is 0 Å². The highest BCUT2D eigenvalue weighted by atomic mass is 32.1. The molecular formula is C29H42N2O2S. The van der Waals surface area contributed by atoms with E-state index in [1.54, 1.807) is 11.3 Å². The average molecular weight is 483 g/mol. The van der Waals surface area contributed by atoms with E-state index < -0.39 is 0 Å². The standard InChI is InChI=1S/C29H42N2O2S/c1-5-6-7-8-9-14-27(32)30(18-15-22(2)3)21-28(33)31-19-16-26-25(17-20-34-26)29(31)24-13-11-10-12-23(24)4/h10-13,17,20,22,29H,5-9,14-16,18-19,21H2,1-4H3. The molecule has 0 aliphatic carbocycles. The topological polar surface area (TPSA) is 40.6 Å². The lowest BCUT2D eigenvalue weighted by Crippen LogP contribution is -2.47. The van der Waals surface area contributed by atoms with Gasteiger partial charge in [0.2, 0.25) is 11.8 Å². The fourth-order valence-corrected chi connectivity index (χ4v) is 5.72. The minimum absolute atomic E-state index is 0.0631. The lowest BCUT2D eigenvalue weighted by atomic mass is 9.90. The van der Waals surface area contributed by atoms with Gasteiger partial charge in [-0.2, -0.15) is 0 Å². The second-order valence-electron chi connectivity index (χ2n) is 10.1. The van der Waals surface area contributed by atoms with Gasteiger partial charge in [0.25, 0.3) is 0 Å². The smallest absolute Gasteiger partial charge is 0.242 e. The third-order valence-electron chi connectivity index (χ3n) is 6.92. The maximum absolute atomic E-state index is 13.7. The Morgan fingerprint density at radius 3 is 2.59 bits per heavy atom. The number of amides is 2. The molecule has 0 bridgehead atoms. The largest absolute Gasteiger partial charge is 0.333 e. The zero-order valence-electron chi connectivity index (χ0n) is 21.5. The van der Waals surface area contributed by atoms with E-state index in [-0.39, 0.29) is 24.4 Å². The number of benzene rings is 1. The summed E-state index contributed by atoms with van der Waals surface area (Å²) in [6.45, 7) is 10.2. The highest BCUT2D eigenvalue weighted by molar-refractivity contribution is 7.10. The Labute approximate surface area is 210 Å². The summed E-state index contributed by atoms with van der Waals surface area (Å²) in [4.78, 5) is 32.1. The molecule has 3 rings (SSSR count). The van der Waals surface area contributed by atoms with Crippen molar-refractivity contribution in [3.05, 3.63) is 57.3 Å². The molecule has 0 radical (unpaired) electrons. The molecule has 1 aliphatic rings. The van der Waals surface area contributed by atoms with Crippen molar-refractivity contribution in [3.8, 4) is 0 Å². The van der Waals surface area contributed by atoms with Crippen LogP contribution in [0, 0.1) is 12.8 Å². The summed E-state index contributed by atoms with van der Waals surface area (Å²) in [7, 11) is 0. The van der Waals surface area contributed by atoms with Crippen molar-refractivity contribution in [2.75, 3.05) is 19.6 Å². The molecule has 1 aromatic carbocycles. The predicted molar refractivity (Wildman–Crippen MR) is 142 cm³/mol. The molecule has 1 aliphatic heterocycles. The molecule has 2 amide bonds. The number of aryl methyl sites for hydroxylation is 1. The molecule has 1 atom stereocenters. The van der Waals surface area contributed by atoms with Gasteiger partial charge in [-0.15, -0.1) is 11.3 Å². The molecule has 2 aromatic rings. The molecule has 2 heterocycles. The minimum Gasteiger partial charge on any atom is -0.333 e. The SMILES string of the molecule is CCCCCCCC(=O)N(CCC(C)C)CC(=O)N1CCc2sccc2C1c1ccccc1C. The fraction of sp³-hybridized carbons (Fsp3) is 0.586. The fourth-order valence-electron chi connectivity index (χ4n) is 4.81. The van der Waals surface area contributed by atoms with E-state index in [2.05, 4.69) is 63.4 Å². The summed E-state index contributed by atoms with van der Waals surface area (Å²) in [5.41, 5.74) is 3.63. The van der Waals surface area contributed by atoms with Gasteiger partial charge in [-0.3, -0.25) is 9.59 Å². The monoisotopic (exact) mass is 482 g/mol. The molecule has 0 fully saturated rings. The van der Waals surface area contributed by atoms with E-state index in [0.717, 1.165) is 25.7 Å². The van der Waals surface area contributed by atoms with Gasteiger partial charge >= 0.3 is 0 Å². The first-order chi connectivity index (χ1) is 16.4. The second-order valence-corrected chi connectivity index (χ2v) is 11.1. The van der Waals surface area contributed by atoms with Crippen molar-refractivity contribution in [1.82, 2.24) is 9.80 Å². The van der Waals surface area contributed by atoms with Crippen LogP contribution in [-0.4, -0.2) is 41.2 Å². The van der Waals surface area contributed by atoms with E-state index in [1.807, 2.05) is 9.80 Å². The third kappa shape index (κ3) is 6.94. The van der Waals surface area contributed by atoms with E-state index >= 15 is 0 Å². The molecule has 4 nitrogen and oxygen atoms in total. The summed E-state index contributed by atoms with van der Waals surface area (Å²) in [6, 6.07) is 10.5. The number of rotatable bonds is 12. The van der Waals surface area contributed by atoms with Gasteiger partial charge in [-0.1, -0.05) is 70.7 Å². The first-order valence-electron chi connectivity index (χ1n) is 13.1.